The molecule has 0 unspecified atom stereocenters. The van der Waals surface area contributed by atoms with E-state index >= 15 is 0 Å². The van der Waals surface area contributed by atoms with E-state index in [9.17, 15) is 4.79 Å². The molecule has 2 aromatic heterocycles. The number of methoxy groups -OCH3 is 2. The highest BCUT2D eigenvalue weighted by atomic mass is 35.5. The van der Waals surface area contributed by atoms with Crippen LogP contribution >= 0.6 is 11.6 Å². The molecule has 7 nitrogen and oxygen atoms in total. The normalized spacial score (nSPS) is 10.7. The van der Waals surface area contributed by atoms with Crippen LogP contribution in [0, 0.1) is 0 Å². The van der Waals surface area contributed by atoms with Gasteiger partial charge in [0.15, 0.2) is 23.1 Å². The van der Waals surface area contributed by atoms with Crippen molar-refractivity contribution in [2.75, 3.05) is 20.0 Å². The zero-order valence-corrected chi connectivity index (χ0v) is 13.0. The van der Waals surface area contributed by atoms with Gasteiger partial charge in [-0.3, -0.25) is 0 Å². The monoisotopic (exact) mass is 333 g/mol. The highest BCUT2D eigenvalue weighted by Crippen LogP contribution is 2.34. The molecular formula is C15H12ClN3O4. The maximum atomic E-state index is 11.9. The first-order valence-corrected chi connectivity index (χ1v) is 6.90. The van der Waals surface area contributed by atoms with Crippen molar-refractivity contribution in [3.8, 4) is 17.1 Å². The van der Waals surface area contributed by atoms with E-state index in [2.05, 4.69) is 9.97 Å². The summed E-state index contributed by atoms with van der Waals surface area (Å²) in [5.41, 5.74) is 6.86. The third-order valence-corrected chi connectivity index (χ3v) is 3.61. The lowest BCUT2D eigenvalue weighted by atomic mass is 10.1. The number of fused-ring (bicyclic) bond motifs is 1. The Balaban J connectivity index is 2.27. The summed E-state index contributed by atoms with van der Waals surface area (Å²) in [6, 6.07) is 5.11. The number of ether oxygens (including phenoxy) is 2. The largest absolute Gasteiger partial charge is 0.491 e. The van der Waals surface area contributed by atoms with Crippen molar-refractivity contribution in [1.82, 2.24) is 9.97 Å². The highest BCUT2D eigenvalue weighted by molar-refractivity contribution is 6.35. The number of hydrogen-bond acceptors (Lipinski definition) is 7. The summed E-state index contributed by atoms with van der Waals surface area (Å²) in [4.78, 5) is 20.3. The summed E-state index contributed by atoms with van der Waals surface area (Å²) in [5.74, 6) is -0.389. The van der Waals surface area contributed by atoms with Crippen molar-refractivity contribution in [2.24, 2.45) is 0 Å². The van der Waals surface area contributed by atoms with Gasteiger partial charge in [0, 0.05) is 5.39 Å². The van der Waals surface area contributed by atoms with Crippen LogP contribution in [0.3, 0.4) is 0 Å². The van der Waals surface area contributed by atoms with Gasteiger partial charge in [0.25, 0.3) is 0 Å². The number of rotatable bonds is 3. The van der Waals surface area contributed by atoms with Crippen LogP contribution in [-0.4, -0.2) is 30.2 Å². The first kappa shape index (κ1) is 15.1. The summed E-state index contributed by atoms with van der Waals surface area (Å²) in [6.45, 7) is 0. The van der Waals surface area contributed by atoms with E-state index < -0.39 is 5.97 Å². The van der Waals surface area contributed by atoms with Crippen LogP contribution in [0.4, 0.5) is 5.82 Å². The number of anilines is 1. The van der Waals surface area contributed by atoms with Crippen LogP contribution in [0.5, 0.6) is 5.75 Å². The minimum absolute atomic E-state index is 0.0209. The van der Waals surface area contributed by atoms with Gasteiger partial charge in [-0.15, -0.1) is 0 Å². The Morgan fingerprint density at radius 1 is 1.26 bits per heavy atom. The molecule has 2 heterocycles. The third-order valence-electron chi connectivity index (χ3n) is 3.28. The summed E-state index contributed by atoms with van der Waals surface area (Å²) in [7, 11) is 2.61. The minimum Gasteiger partial charge on any atom is -0.491 e. The van der Waals surface area contributed by atoms with Crippen molar-refractivity contribution in [2.45, 2.75) is 0 Å². The van der Waals surface area contributed by atoms with Gasteiger partial charge in [0.1, 0.15) is 5.58 Å². The molecule has 3 rings (SSSR count). The molecule has 23 heavy (non-hydrogen) atoms. The van der Waals surface area contributed by atoms with Crippen molar-refractivity contribution in [3.63, 3.8) is 0 Å². The number of carbonyl (C=O) groups is 1. The Morgan fingerprint density at radius 3 is 2.74 bits per heavy atom. The zero-order chi connectivity index (χ0) is 16.6. The van der Waals surface area contributed by atoms with E-state index in [4.69, 9.17) is 31.2 Å². The molecule has 0 aliphatic heterocycles. The van der Waals surface area contributed by atoms with E-state index in [1.54, 1.807) is 18.2 Å². The fraction of sp³-hybridized carbons (Fsp3) is 0.133. The van der Waals surface area contributed by atoms with Gasteiger partial charge in [0.05, 0.1) is 31.1 Å². The molecule has 0 spiro atoms. The van der Waals surface area contributed by atoms with Crippen molar-refractivity contribution >= 4 is 34.4 Å². The molecule has 1 aromatic carbocycles. The molecule has 0 aliphatic rings. The van der Waals surface area contributed by atoms with Gasteiger partial charge >= 0.3 is 5.97 Å². The van der Waals surface area contributed by atoms with E-state index in [0.717, 1.165) is 0 Å². The second kappa shape index (κ2) is 5.77. The van der Waals surface area contributed by atoms with Crippen LogP contribution < -0.4 is 10.5 Å². The van der Waals surface area contributed by atoms with Gasteiger partial charge in [-0.25, -0.2) is 14.8 Å². The van der Waals surface area contributed by atoms with E-state index in [1.165, 1.54) is 20.5 Å². The number of halogens is 1. The number of nitrogens with zero attached hydrogens (tertiary/aromatic N) is 2. The van der Waals surface area contributed by atoms with Crippen LogP contribution in [0.25, 0.3) is 22.4 Å². The summed E-state index contributed by atoms with van der Waals surface area (Å²) in [5, 5.41) is 1.24. The number of hydrogen-bond donors (Lipinski definition) is 1. The molecule has 3 aromatic rings. The molecule has 0 amide bonds. The second-order valence-electron chi connectivity index (χ2n) is 4.56. The van der Waals surface area contributed by atoms with Crippen molar-refractivity contribution < 1.29 is 18.7 Å². The lowest BCUT2D eigenvalue weighted by Gasteiger charge is -2.10. The Kier molecular flexibility index (Phi) is 3.79. The summed E-state index contributed by atoms with van der Waals surface area (Å²) >= 11 is 6.12. The first-order chi connectivity index (χ1) is 11.1. The van der Waals surface area contributed by atoms with E-state index in [0.29, 0.717) is 21.6 Å². The zero-order valence-electron chi connectivity index (χ0n) is 12.3. The maximum Gasteiger partial charge on any atom is 0.360 e. The standard InChI is InChI=1S/C15H12ClN3O4/c1-21-12-10(15(20)22-2)18-14(19-13(12)17)8-3-4-9(16)7-5-6-23-11(7)8/h3-6H,1-2H3,(H2,17,18,19). The quantitative estimate of drug-likeness (QED) is 0.735. The second-order valence-corrected chi connectivity index (χ2v) is 4.97. The van der Waals surface area contributed by atoms with Crippen LogP contribution in [0.1, 0.15) is 10.5 Å². The molecule has 0 saturated carbocycles. The fourth-order valence-corrected chi connectivity index (χ4v) is 2.44. The van der Waals surface area contributed by atoms with Crippen LogP contribution in [0.2, 0.25) is 5.02 Å². The van der Waals surface area contributed by atoms with Gasteiger partial charge in [-0.05, 0) is 18.2 Å². The molecule has 0 fully saturated rings. The minimum atomic E-state index is -0.679. The van der Waals surface area contributed by atoms with E-state index in [1.807, 2.05) is 0 Å². The van der Waals surface area contributed by atoms with Crippen molar-refractivity contribution in [3.05, 3.63) is 35.2 Å². The Hall–Kier alpha value is -2.80. The topological polar surface area (TPSA) is 100 Å². The average molecular weight is 334 g/mol. The number of nitrogens with two attached hydrogens (primary N) is 1. The van der Waals surface area contributed by atoms with Gasteiger partial charge in [-0.2, -0.15) is 0 Å². The SMILES string of the molecule is COC(=O)c1nc(-c2ccc(Cl)c3ccoc23)nc(N)c1OC. The number of nitrogen functional groups attached to an aromatic ring is 1. The number of benzene rings is 1. The highest BCUT2D eigenvalue weighted by Gasteiger charge is 2.22. The first-order valence-electron chi connectivity index (χ1n) is 6.52. The molecule has 0 atom stereocenters. The lowest BCUT2D eigenvalue weighted by Crippen LogP contribution is -2.11. The Morgan fingerprint density at radius 2 is 2.04 bits per heavy atom. The molecule has 0 bridgehead atoms. The summed E-state index contributed by atoms with van der Waals surface area (Å²) in [6.07, 6.45) is 1.51. The molecule has 0 saturated heterocycles. The Labute approximate surface area is 136 Å². The molecule has 0 aliphatic carbocycles. The molecule has 8 heteroatoms. The maximum absolute atomic E-state index is 11.9. The number of esters is 1. The molecule has 2 N–H and O–H groups in total. The number of aromatic nitrogens is 2. The van der Waals surface area contributed by atoms with Crippen LogP contribution in [0.15, 0.2) is 28.9 Å². The number of carbonyl (C=O) groups excluding carboxylic acids is 1. The molecule has 118 valence electrons. The third kappa shape index (κ3) is 2.44. The van der Waals surface area contributed by atoms with Gasteiger partial charge < -0.3 is 19.6 Å². The van der Waals surface area contributed by atoms with E-state index in [-0.39, 0.29) is 23.1 Å². The average Bonchev–Trinajstić information content (AvgIpc) is 3.04. The molecule has 0 radical (unpaired) electrons. The van der Waals surface area contributed by atoms with Gasteiger partial charge in [0.2, 0.25) is 0 Å². The predicted molar refractivity (Wildman–Crippen MR) is 84.6 cm³/mol. The van der Waals surface area contributed by atoms with Gasteiger partial charge in [-0.1, -0.05) is 11.6 Å². The lowest BCUT2D eigenvalue weighted by molar-refractivity contribution is 0.0590. The molecular weight excluding hydrogens is 322 g/mol. The fourth-order valence-electron chi connectivity index (χ4n) is 2.23. The van der Waals surface area contributed by atoms with Crippen LogP contribution in [-0.2, 0) is 4.74 Å². The summed E-state index contributed by atoms with van der Waals surface area (Å²) < 4.78 is 15.2. The smallest absolute Gasteiger partial charge is 0.360 e. The van der Waals surface area contributed by atoms with Crippen molar-refractivity contribution in [1.29, 1.82) is 0 Å². The number of furan rings is 1. The predicted octanol–water partition coefficient (Wildman–Crippen LogP) is 2.92. The Bertz CT molecular complexity index is 907.